The van der Waals surface area contributed by atoms with E-state index in [0.717, 1.165) is 33.5 Å². The highest BCUT2D eigenvalue weighted by atomic mass is 16.5. The maximum atomic E-state index is 12.0. The molecule has 2 heterocycles. The van der Waals surface area contributed by atoms with Gasteiger partial charge in [0.1, 0.15) is 0 Å². The van der Waals surface area contributed by atoms with E-state index in [9.17, 15) is 9.59 Å². The molecule has 33 heavy (non-hydrogen) atoms. The van der Waals surface area contributed by atoms with E-state index in [1.165, 1.54) is 0 Å². The lowest BCUT2D eigenvalue weighted by atomic mass is 9.95. The molecule has 1 atom stereocenters. The fraction of sp³-hybridized carbons (Fsp3) is 0.440. The lowest BCUT2D eigenvalue weighted by Gasteiger charge is -2.19. The molecular formula is C25H35N5O3. The monoisotopic (exact) mass is 453 g/mol. The molecular weight excluding hydrogens is 418 g/mol. The first-order valence-corrected chi connectivity index (χ1v) is 11.2. The molecule has 0 spiro atoms. The normalized spacial score (nSPS) is 11.6. The van der Waals surface area contributed by atoms with Crippen LogP contribution in [-0.2, 0) is 21.4 Å². The average Bonchev–Trinajstić information content (AvgIpc) is 3.13. The Balaban J connectivity index is 0.000000890. The van der Waals surface area contributed by atoms with Crippen molar-refractivity contribution in [2.24, 2.45) is 18.7 Å². The molecule has 0 aliphatic heterocycles. The van der Waals surface area contributed by atoms with Gasteiger partial charge in [0, 0.05) is 36.6 Å². The van der Waals surface area contributed by atoms with Crippen LogP contribution in [0.15, 0.2) is 36.8 Å². The fourth-order valence-corrected chi connectivity index (χ4v) is 3.38. The largest absolute Gasteiger partial charge is 0.466 e. The van der Waals surface area contributed by atoms with Gasteiger partial charge in [0.15, 0.2) is 0 Å². The molecule has 2 aromatic heterocycles. The van der Waals surface area contributed by atoms with Gasteiger partial charge in [-0.15, -0.1) is 0 Å². The molecule has 0 fully saturated rings. The molecule has 8 heteroatoms. The van der Waals surface area contributed by atoms with Crippen molar-refractivity contribution < 1.29 is 14.3 Å². The standard InChI is InChI=1S/C21H25N5O3.C4H10/c1-4-29-20(28)8-18(24-19(27)9-22)14-7-15(11-23-10-14)21-13(2)5-6-17-16(21)12-26(3)25-17;1-4(2)3/h5-7,10-12,18H,4,8-9,22H2,1-3H3,(H,24,27);4H,1-3H3. The van der Waals surface area contributed by atoms with Gasteiger partial charge >= 0.3 is 5.97 Å². The zero-order valence-corrected chi connectivity index (χ0v) is 20.4. The van der Waals surface area contributed by atoms with Crippen molar-refractivity contribution in [2.45, 2.75) is 47.1 Å². The Morgan fingerprint density at radius 2 is 1.91 bits per heavy atom. The number of nitrogens with one attached hydrogen (secondary N) is 1. The zero-order valence-electron chi connectivity index (χ0n) is 20.4. The first-order valence-electron chi connectivity index (χ1n) is 11.2. The summed E-state index contributed by atoms with van der Waals surface area (Å²) in [7, 11) is 1.88. The van der Waals surface area contributed by atoms with Gasteiger partial charge in [0.25, 0.3) is 0 Å². The van der Waals surface area contributed by atoms with Crippen LogP contribution in [0.5, 0.6) is 0 Å². The van der Waals surface area contributed by atoms with Crippen molar-refractivity contribution in [1.29, 1.82) is 0 Å². The van der Waals surface area contributed by atoms with Crippen LogP contribution in [0.3, 0.4) is 0 Å². The first-order chi connectivity index (χ1) is 15.7. The zero-order chi connectivity index (χ0) is 24.5. The molecule has 178 valence electrons. The van der Waals surface area contributed by atoms with E-state index in [1.54, 1.807) is 24.0 Å². The van der Waals surface area contributed by atoms with Gasteiger partial charge < -0.3 is 15.8 Å². The second-order valence-electron chi connectivity index (χ2n) is 8.57. The van der Waals surface area contributed by atoms with Gasteiger partial charge in [0.05, 0.1) is 31.1 Å². The third kappa shape index (κ3) is 7.39. The van der Waals surface area contributed by atoms with Crippen LogP contribution in [0, 0.1) is 12.8 Å². The number of fused-ring (bicyclic) bond motifs is 1. The minimum absolute atomic E-state index is 0.000782. The minimum Gasteiger partial charge on any atom is -0.466 e. The second-order valence-corrected chi connectivity index (χ2v) is 8.57. The van der Waals surface area contributed by atoms with Crippen LogP contribution >= 0.6 is 0 Å². The Hall–Kier alpha value is -3.26. The molecule has 3 N–H and O–H groups in total. The van der Waals surface area contributed by atoms with Gasteiger partial charge in [-0.1, -0.05) is 26.8 Å². The number of rotatable bonds is 7. The summed E-state index contributed by atoms with van der Waals surface area (Å²) in [5.41, 5.74) is 10.0. The van der Waals surface area contributed by atoms with Crippen LogP contribution < -0.4 is 11.1 Å². The summed E-state index contributed by atoms with van der Waals surface area (Å²) in [4.78, 5) is 28.3. The third-order valence-corrected chi connectivity index (χ3v) is 4.66. The van der Waals surface area contributed by atoms with Crippen LogP contribution in [-0.4, -0.2) is 39.8 Å². The second kappa shape index (κ2) is 12.1. The molecule has 0 saturated heterocycles. The number of carbonyl (C=O) groups is 2. The Labute approximate surface area is 195 Å². The number of aromatic nitrogens is 3. The number of hydrogen-bond acceptors (Lipinski definition) is 6. The highest BCUT2D eigenvalue weighted by Crippen LogP contribution is 2.32. The Morgan fingerprint density at radius 1 is 1.21 bits per heavy atom. The summed E-state index contributed by atoms with van der Waals surface area (Å²) < 4.78 is 6.82. The molecule has 1 unspecified atom stereocenters. The molecule has 1 amide bonds. The van der Waals surface area contributed by atoms with E-state index >= 15 is 0 Å². The van der Waals surface area contributed by atoms with E-state index in [1.807, 2.05) is 38.4 Å². The number of pyridine rings is 1. The molecule has 0 bridgehead atoms. The van der Waals surface area contributed by atoms with Crippen molar-refractivity contribution in [3.05, 3.63) is 47.9 Å². The van der Waals surface area contributed by atoms with E-state index in [0.29, 0.717) is 5.56 Å². The molecule has 0 saturated carbocycles. The predicted octanol–water partition coefficient (Wildman–Crippen LogP) is 3.68. The fourth-order valence-electron chi connectivity index (χ4n) is 3.38. The number of carbonyl (C=O) groups excluding carboxylic acids is 2. The van der Waals surface area contributed by atoms with E-state index in [-0.39, 0.29) is 25.5 Å². The number of hydrogen-bond donors (Lipinski definition) is 2. The maximum absolute atomic E-state index is 12.0. The van der Waals surface area contributed by atoms with E-state index in [4.69, 9.17) is 10.5 Å². The molecule has 3 aromatic rings. The third-order valence-electron chi connectivity index (χ3n) is 4.66. The van der Waals surface area contributed by atoms with Crippen LogP contribution in [0.4, 0.5) is 0 Å². The number of esters is 1. The summed E-state index contributed by atoms with van der Waals surface area (Å²) in [6, 6.07) is 5.36. The summed E-state index contributed by atoms with van der Waals surface area (Å²) in [5, 5.41) is 8.27. The topological polar surface area (TPSA) is 112 Å². The molecule has 3 rings (SSSR count). The molecule has 8 nitrogen and oxygen atoms in total. The average molecular weight is 454 g/mol. The summed E-state index contributed by atoms with van der Waals surface area (Å²) in [6.45, 7) is 10.4. The lowest BCUT2D eigenvalue weighted by molar-refractivity contribution is -0.143. The lowest BCUT2D eigenvalue weighted by Crippen LogP contribution is -2.35. The number of nitrogens with two attached hydrogens (primary N) is 1. The predicted molar refractivity (Wildman–Crippen MR) is 130 cm³/mol. The quantitative estimate of drug-likeness (QED) is 0.528. The number of ether oxygens (including phenoxy) is 1. The van der Waals surface area contributed by atoms with Crippen LogP contribution in [0.25, 0.3) is 22.0 Å². The molecule has 0 aliphatic rings. The minimum atomic E-state index is -0.578. The van der Waals surface area contributed by atoms with Crippen LogP contribution in [0.1, 0.15) is 51.3 Å². The van der Waals surface area contributed by atoms with Crippen molar-refractivity contribution >= 4 is 22.8 Å². The van der Waals surface area contributed by atoms with Gasteiger partial charge in [0.2, 0.25) is 5.91 Å². The Morgan fingerprint density at radius 3 is 2.55 bits per heavy atom. The summed E-state index contributed by atoms with van der Waals surface area (Å²) >= 11 is 0. The molecule has 0 aliphatic carbocycles. The summed E-state index contributed by atoms with van der Waals surface area (Å²) in [6.07, 6.45) is 5.38. The SMILES string of the molecule is CC(C)C.CCOC(=O)CC(NC(=O)CN)c1cncc(-c2c(C)ccc3nn(C)cc23)c1. The number of nitrogens with zero attached hydrogens (tertiary/aromatic N) is 3. The van der Waals surface area contributed by atoms with Gasteiger partial charge in [-0.2, -0.15) is 5.10 Å². The van der Waals surface area contributed by atoms with Crippen LogP contribution in [0.2, 0.25) is 0 Å². The van der Waals surface area contributed by atoms with E-state index < -0.39 is 12.0 Å². The Kier molecular flexibility index (Phi) is 9.54. The maximum Gasteiger partial charge on any atom is 0.308 e. The Bertz CT molecular complexity index is 1090. The van der Waals surface area contributed by atoms with Crippen molar-refractivity contribution in [3.63, 3.8) is 0 Å². The van der Waals surface area contributed by atoms with Crippen molar-refractivity contribution in [2.75, 3.05) is 13.2 Å². The smallest absolute Gasteiger partial charge is 0.308 e. The van der Waals surface area contributed by atoms with Crippen molar-refractivity contribution in [3.8, 4) is 11.1 Å². The molecule has 1 aromatic carbocycles. The highest BCUT2D eigenvalue weighted by Gasteiger charge is 2.20. The van der Waals surface area contributed by atoms with Gasteiger partial charge in [-0.3, -0.25) is 19.3 Å². The number of benzene rings is 1. The molecule has 0 radical (unpaired) electrons. The highest BCUT2D eigenvalue weighted by molar-refractivity contribution is 5.96. The van der Waals surface area contributed by atoms with Gasteiger partial charge in [-0.25, -0.2) is 0 Å². The van der Waals surface area contributed by atoms with Gasteiger partial charge in [-0.05, 0) is 48.6 Å². The van der Waals surface area contributed by atoms with Crippen molar-refractivity contribution in [1.82, 2.24) is 20.1 Å². The number of aryl methyl sites for hydroxylation is 2. The first kappa shape index (κ1) is 26.0. The van der Waals surface area contributed by atoms with E-state index in [2.05, 4.69) is 36.2 Å². The summed E-state index contributed by atoms with van der Waals surface area (Å²) in [5.74, 6) is 0.0843. The number of amides is 1.